The average molecular weight is 331 g/mol. The fraction of sp³-hybridized carbons (Fsp3) is 0.353. The highest BCUT2D eigenvalue weighted by Gasteiger charge is 2.31. The predicted molar refractivity (Wildman–Crippen MR) is 87.2 cm³/mol. The number of hydrogen-bond donors (Lipinski definition) is 1. The number of benzene rings is 1. The van der Waals surface area contributed by atoms with Gasteiger partial charge in [-0.15, -0.1) is 0 Å². The Labute approximate surface area is 128 Å². The lowest BCUT2D eigenvalue weighted by Gasteiger charge is -2.37. The van der Waals surface area contributed by atoms with Gasteiger partial charge in [0.1, 0.15) is 4.60 Å². The molecule has 1 saturated carbocycles. The summed E-state index contributed by atoms with van der Waals surface area (Å²) in [6.07, 6.45) is 2.42. The molecule has 1 aromatic heterocycles. The van der Waals surface area contributed by atoms with Crippen LogP contribution in [0.3, 0.4) is 0 Å². The SMILES string of the molecule is Cc1ccccc1C1CC(Nc2ccc(Br)nc2C)C1. The molecule has 0 radical (unpaired) electrons. The van der Waals surface area contributed by atoms with Crippen LogP contribution in [0.25, 0.3) is 0 Å². The second kappa shape index (κ2) is 5.57. The van der Waals surface area contributed by atoms with Crippen LogP contribution in [-0.2, 0) is 0 Å². The minimum Gasteiger partial charge on any atom is -0.381 e. The van der Waals surface area contributed by atoms with E-state index in [0.29, 0.717) is 12.0 Å². The van der Waals surface area contributed by atoms with Crippen LogP contribution in [0.15, 0.2) is 41.0 Å². The average Bonchev–Trinajstić information content (AvgIpc) is 2.37. The summed E-state index contributed by atoms with van der Waals surface area (Å²) in [5.41, 5.74) is 5.13. The number of nitrogens with one attached hydrogen (secondary N) is 1. The number of halogens is 1. The van der Waals surface area contributed by atoms with Crippen molar-refractivity contribution in [2.24, 2.45) is 0 Å². The maximum absolute atomic E-state index is 4.43. The third-order valence-electron chi connectivity index (χ3n) is 4.18. The van der Waals surface area contributed by atoms with Crippen LogP contribution in [0.4, 0.5) is 5.69 Å². The van der Waals surface area contributed by atoms with E-state index < -0.39 is 0 Å². The van der Waals surface area contributed by atoms with Gasteiger partial charge in [0.25, 0.3) is 0 Å². The van der Waals surface area contributed by atoms with Gasteiger partial charge in [-0.3, -0.25) is 0 Å². The number of hydrogen-bond acceptors (Lipinski definition) is 2. The third kappa shape index (κ3) is 2.73. The maximum atomic E-state index is 4.43. The molecule has 1 N–H and O–H groups in total. The Balaban J connectivity index is 1.62. The molecule has 0 unspecified atom stereocenters. The first-order valence-electron chi connectivity index (χ1n) is 7.08. The van der Waals surface area contributed by atoms with Gasteiger partial charge in [-0.2, -0.15) is 0 Å². The van der Waals surface area contributed by atoms with Crippen LogP contribution in [-0.4, -0.2) is 11.0 Å². The van der Waals surface area contributed by atoms with E-state index in [1.807, 2.05) is 13.0 Å². The molecule has 3 rings (SSSR count). The molecule has 2 nitrogen and oxygen atoms in total. The number of rotatable bonds is 3. The van der Waals surface area contributed by atoms with E-state index in [9.17, 15) is 0 Å². The monoisotopic (exact) mass is 330 g/mol. The first kappa shape index (κ1) is 13.6. The number of anilines is 1. The molecule has 1 heterocycles. The Morgan fingerprint density at radius 1 is 1.10 bits per heavy atom. The number of aromatic nitrogens is 1. The van der Waals surface area contributed by atoms with Crippen molar-refractivity contribution in [2.75, 3.05) is 5.32 Å². The summed E-state index contributed by atoms with van der Waals surface area (Å²) in [7, 11) is 0. The molecule has 1 aromatic carbocycles. The van der Waals surface area contributed by atoms with Gasteiger partial charge in [-0.05, 0) is 71.8 Å². The molecule has 0 atom stereocenters. The summed E-state index contributed by atoms with van der Waals surface area (Å²) in [5.74, 6) is 0.706. The first-order valence-corrected chi connectivity index (χ1v) is 7.88. The van der Waals surface area contributed by atoms with E-state index in [4.69, 9.17) is 0 Å². The number of pyridine rings is 1. The normalized spacial score (nSPS) is 21.4. The summed E-state index contributed by atoms with van der Waals surface area (Å²) in [6.45, 7) is 4.25. The largest absolute Gasteiger partial charge is 0.381 e. The molecular formula is C17H19BrN2. The molecule has 0 amide bonds. The van der Waals surface area contributed by atoms with Crippen LogP contribution in [0.2, 0.25) is 0 Å². The molecule has 0 saturated heterocycles. The van der Waals surface area contributed by atoms with Gasteiger partial charge in [-0.25, -0.2) is 4.98 Å². The third-order valence-corrected chi connectivity index (χ3v) is 4.62. The van der Waals surface area contributed by atoms with Crippen LogP contribution >= 0.6 is 15.9 Å². The Bertz CT molecular complexity index is 618. The standard InChI is InChI=1S/C17H19BrN2/c1-11-5-3-4-6-15(11)13-9-14(10-13)20-16-7-8-17(18)19-12(16)2/h3-8,13-14,20H,9-10H2,1-2H3. The van der Waals surface area contributed by atoms with Gasteiger partial charge in [0, 0.05) is 6.04 Å². The van der Waals surface area contributed by atoms with E-state index in [2.05, 4.69) is 63.5 Å². The lowest BCUT2D eigenvalue weighted by Crippen LogP contribution is -2.34. The molecule has 1 aliphatic carbocycles. The zero-order chi connectivity index (χ0) is 14.1. The maximum Gasteiger partial charge on any atom is 0.106 e. The second-order valence-electron chi connectivity index (χ2n) is 5.63. The zero-order valence-corrected chi connectivity index (χ0v) is 13.4. The van der Waals surface area contributed by atoms with Crippen LogP contribution in [0.1, 0.15) is 35.6 Å². The molecule has 104 valence electrons. The lowest BCUT2D eigenvalue weighted by atomic mass is 9.74. The van der Waals surface area contributed by atoms with Crippen molar-refractivity contribution in [1.29, 1.82) is 0 Å². The lowest BCUT2D eigenvalue weighted by molar-refractivity contribution is 0.373. The first-order chi connectivity index (χ1) is 9.63. The van der Waals surface area contributed by atoms with E-state index in [0.717, 1.165) is 16.0 Å². The van der Waals surface area contributed by atoms with Gasteiger partial charge < -0.3 is 5.32 Å². The van der Waals surface area contributed by atoms with Crippen molar-refractivity contribution in [2.45, 2.75) is 38.6 Å². The predicted octanol–water partition coefficient (Wildman–Crippen LogP) is 4.82. The molecule has 0 spiro atoms. The second-order valence-corrected chi connectivity index (χ2v) is 6.45. The fourth-order valence-electron chi connectivity index (χ4n) is 2.94. The quantitative estimate of drug-likeness (QED) is 0.816. The molecule has 1 fully saturated rings. The van der Waals surface area contributed by atoms with Crippen molar-refractivity contribution in [3.63, 3.8) is 0 Å². The minimum absolute atomic E-state index is 0.571. The summed E-state index contributed by atoms with van der Waals surface area (Å²) < 4.78 is 0.895. The van der Waals surface area contributed by atoms with E-state index in [1.54, 1.807) is 0 Å². The fourth-order valence-corrected chi connectivity index (χ4v) is 3.34. The Morgan fingerprint density at radius 2 is 1.85 bits per heavy atom. The number of aryl methyl sites for hydroxylation is 2. The van der Waals surface area contributed by atoms with Gasteiger partial charge in [0.05, 0.1) is 11.4 Å². The van der Waals surface area contributed by atoms with Crippen LogP contribution in [0, 0.1) is 13.8 Å². The van der Waals surface area contributed by atoms with Crippen molar-refractivity contribution >= 4 is 21.6 Å². The molecule has 1 aliphatic rings. The van der Waals surface area contributed by atoms with Crippen LogP contribution in [0.5, 0.6) is 0 Å². The van der Waals surface area contributed by atoms with E-state index in [1.165, 1.54) is 24.0 Å². The van der Waals surface area contributed by atoms with Crippen molar-refractivity contribution in [3.8, 4) is 0 Å². The highest BCUT2D eigenvalue weighted by Crippen LogP contribution is 2.40. The Hall–Kier alpha value is -1.35. The topological polar surface area (TPSA) is 24.9 Å². The summed E-state index contributed by atoms with van der Waals surface area (Å²) >= 11 is 3.40. The Morgan fingerprint density at radius 3 is 2.55 bits per heavy atom. The Kier molecular flexibility index (Phi) is 3.79. The van der Waals surface area contributed by atoms with Crippen LogP contribution < -0.4 is 5.32 Å². The van der Waals surface area contributed by atoms with E-state index >= 15 is 0 Å². The molecular weight excluding hydrogens is 312 g/mol. The minimum atomic E-state index is 0.571. The van der Waals surface area contributed by atoms with Crippen molar-refractivity contribution < 1.29 is 0 Å². The van der Waals surface area contributed by atoms with E-state index in [-0.39, 0.29) is 0 Å². The number of nitrogens with zero attached hydrogens (tertiary/aromatic N) is 1. The zero-order valence-electron chi connectivity index (χ0n) is 11.9. The summed E-state index contributed by atoms with van der Waals surface area (Å²) in [4.78, 5) is 4.43. The van der Waals surface area contributed by atoms with Gasteiger partial charge in [0.15, 0.2) is 0 Å². The highest BCUT2D eigenvalue weighted by atomic mass is 79.9. The molecule has 0 aliphatic heterocycles. The smallest absolute Gasteiger partial charge is 0.106 e. The van der Waals surface area contributed by atoms with Crippen molar-refractivity contribution in [3.05, 3.63) is 57.8 Å². The highest BCUT2D eigenvalue weighted by molar-refractivity contribution is 9.10. The molecule has 20 heavy (non-hydrogen) atoms. The summed E-state index contributed by atoms with van der Waals surface area (Å²) in [6, 6.07) is 13.4. The molecule has 0 bridgehead atoms. The molecule has 2 aromatic rings. The van der Waals surface area contributed by atoms with Gasteiger partial charge in [-0.1, -0.05) is 24.3 Å². The van der Waals surface area contributed by atoms with Gasteiger partial charge >= 0.3 is 0 Å². The molecule has 3 heteroatoms. The van der Waals surface area contributed by atoms with Gasteiger partial charge in [0.2, 0.25) is 0 Å². The van der Waals surface area contributed by atoms with Crippen molar-refractivity contribution in [1.82, 2.24) is 4.98 Å². The summed E-state index contributed by atoms with van der Waals surface area (Å²) in [5, 5.41) is 3.61.